The van der Waals surface area contributed by atoms with Crippen molar-refractivity contribution in [3.63, 3.8) is 0 Å². The fourth-order valence-electron chi connectivity index (χ4n) is 2.48. The molecule has 2 fully saturated rings. The Labute approximate surface area is 100 Å². The largest absolute Gasteiger partial charge is 0.336 e. The number of nitrogens with one attached hydrogen (secondary N) is 2. The van der Waals surface area contributed by atoms with Crippen LogP contribution in [0.5, 0.6) is 0 Å². The van der Waals surface area contributed by atoms with Crippen molar-refractivity contribution >= 4 is 10.0 Å². The minimum absolute atomic E-state index is 0.105. The summed E-state index contributed by atoms with van der Waals surface area (Å²) in [5, 5.41) is 3.36. The first-order chi connectivity index (χ1) is 8.12. The second kappa shape index (κ2) is 3.79. The maximum atomic E-state index is 12.0. The molecule has 0 spiro atoms. The molecule has 0 bridgehead atoms. The summed E-state index contributed by atoms with van der Waals surface area (Å²) in [6, 6.07) is 0.105. The number of imidazole rings is 1. The van der Waals surface area contributed by atoms with Crippen LogP contribution in [0.3, 0.4) is 0 Å². The van der Waals surface area contributed by atoms with Crippen molar-refractivity contribution < 1.29 is 8.42 Å². The highest BCUT2D eigenvalue weighted by molar-refractivity contribution is 7.89. The van der Waals surface area contributed by atoms with E-state index < -0.39 is 10.0 Å². The van der Waals surface area contributed by atoms with E-state index in [9.17, 15) is 8.42 Å². The van der Waals surface area contributed by atoms with Crippen LogP contribution in [-0.4, -0.2) is 37.1 Å². The van der Waals surface area contributed by atoms with Crippen LogP contribution in [0, 0.1) is 11.8 Å². The maximum absolute atomic E-state index is 12.0. The molecule has 2 N–H and O–H groups in total. The molecule has 1 aromatic rings. The Bertz CT molecular complexity index is 514. The van der Waals surface area contributed by atoms with Gasteiger partial charge in [-0.25, -0.2) is 18.1 Å². The van der Waals surface area contributed by atoms with E-state index >= 15 is 0 Å². The van der Waals surface area contributed by atoms with Crippen LogP contribution in [0.25, 0.3) is 0 Å². The van der Waals surface area contributed by atoms with Crippen LogP contribution in [0.1, 0.15) is 6.92 Å². The first-order valence-electron chi connectivity index (χ1n) is 5.86. The van der Waals surface area contributed by atoms with Gasteiger partial charge >= 0.3 is 0 Å². The summed E-state index contributed by atoms with van der Waals surface area (Å²) in [6.07, 6.45) is 3.11. The van der Waals surface area contributed by atoms with Gasteiger partial charge in [0.1, 0.15) is 0 Å². The van der Waals surface area contributed by atoms with Gasteiger partial charge in [-0.05, 0) is 31.8 Å². The molecule has 1 aliphatic carbocycles. The Balaban J connectivity index is 1.73. The van der Waals surface area contributed by atoms with E-state index in [2.05, 4.69) is 15.0 Å². The minimum atomic E-state index is -3.44. The Morgan fingerprint density at radius 3 is 2.82 bits per heavy atom. The van der Waals surface area contributed by atoms with Gasteiger partial charge in [-0.2, -0.15) is 0 Å². The highest BCUT2D eigenvalue weighted by Gasteiger charge is 2.54. The summed E-state index contributed by atoms with van der Waals surface area (Å²) in [4.78, 5) is 3.93. The van der Waals surface area contributed by atoms with E-state index in [1.807, 2.05) is 6.92 Å². The van der Waals surface area contributed by atoms with Crippen molar-refractivity contribution in [2.45, 2.75) is 24.5 Å². The van der Waals surface area contributed by atoms with Crippen molar-refractivity contribution in [1.29, 1.82) is 0 Å². The van der Waals surface area contributed by atoms with E-state index in [4.69, 9.17) is 0 Å². The molecule has 0 amide bonds. The van der Waals surface area contributed by atoms with Gasteiger partial charge in [0.05, 0.1) is 6.33 Å². The normalized spacial score (nSPS) is 31.5. The third-order valence-corrected chi connectivity index (χ3v) is 4.98. The van der Waals surface area contributed by atoms with Crippen LogP contribution >= 0.6 is 0 Å². The molecule has 1 saturated heterocycles. The molecule has 3 rings (SSSR count). The number of sulfonamides is 1. The zero-order valence-corrected chi connectivity index (χ0v) is 10.4. The summed E-state index contributed by atoms with van der Waals surface area (Å²) < 4.78 is 28.6. The maximum Gasteiger partial charge on any atom is 0.259 e. The number of aryl methyl sites for hydroxylation is 1. The van der Waals surface area contributed by atoms with Gasteiger partial charge in [0.2, 0.25) is 0 Å². The van der Waals surface area contributed by atoms with E-state index in [-0.39, 0.29) is 11.1 Å². The summed E-state index contributed by atoms with van der Waals surface area (Å²) >= 11 is 0. The van der Waals surface area contributed by atoms with E-state index in [0.29, 0.717) is 11.8 Å². The molecule has 6 nitrogen and oxygen atoms in total. The summed E-state index contributed by atoms with van der Waals surface area (Å²) in [7, 11) is -3.44. The predicted octanol–water partition coefficient (Wildman–Crippen LogP) is -0.601. The zero-order valence-electron chi connectivity index (χ0n) is 9.63. The monoisotopic (exact) mass is 256 g/mol. The summed E-state index contributed by atoms with van der Waals surface area (Å²) in [6.45, 7) is 4.51. The lowest BCUT2D eigenvalue weighted by molar-refractivity contribution is 0.562. The first kappa shape index (κ1) is 11.2. The number of hydrogen-bond acceptors (Lipinski definition) is 4. The van der Waals surface area contributed by atoms with Gasteiger partial charge in [-0.1, -0.05) is 0 Å². The molecular weight excluding hydrogens is 240 g/mol. The van der Waals surface area contributed by atoms with Gasteiger partial charge in [0.25, 0.3) is 10.0 Å². The quantitative estimate of drug-likeness (QED) is 0.754. The minimum Gasteiger partial charge on any atom is -0.336 e. The Kier molecular flexibility index (Phi) is 2.49. The van der Waals surface area contributed by atoms with Crippen LogP contribution < -0.4 is 10.0 Å². The molecule has 7 heteroatoms. The second-order valence-electron chi connectivity index (χ2n) is 4.68. The highest BCUT2D eigenvalue weighted by atomic mass is 32.2. The molecule has 1 saturated carbocycles. The first-order valence-corrected chi connectivity index (χ1v) is 7.35. The lowest BCUT2D eigenvalue weighted by Crippen LogP contribution is -2.32. The average molecular weight is 256 g/mol. The number of rotatable bonds is 4. The molecule has 0 aromatic carbocycles. The van der Waals surface area contributed by atoms with E-state index in [1.54, 1.807) is 17.1 Å². The molecule has 0 radical (unpaired) electrons. The fraction of sp³-hybridized carbons (Fsp3) is 0.700. The van der Waals surface area contributed by atoms with Gasteiger partial charge in [0, 0.05) is 18.8 Å². The Morgan fingerprint density at radius 2 is 2.24 bits per heavy atom. The number of nitrogens with zero attached hydrogens (tertiary/aromatic N) is 2. The predicted molar refractivity (Wildman–Crippen MR) is 61.9 cm³/mol. The topological polar surface area (TPSA) is 76.0 Å². The van der Waals surface area contributed by atoms with E-state index in [0.717, 1.165) is 19.6 Å². The number of piperidine rings is 1. The lowest BCUT2D eigenvalue weighted by Gasteiger charge is -2.06. The smallest absolute Gasteiger partial charge is 0.259 e. The summed E-state index contributed by atoms with van der Waals surface area (Å²) in [5.41, 5.74) is 0. The van der Waals surface area contributed by atoms with Gasteiger partial charge in [-0.3, -0.25) is 0 Å². The highest BCUT2D eigenvalue weighted by Crippen LogP contribution is 2.42. The van der Waals surface area contributed by atoms with Crippen molar-refractivity contribution in [2.24, 2.45) is 11.8 Å². The molecule has 1 aromatic heterocycles. The van der Waals surface area contributed by atoms with Crippen molar-refractivity contribution in [3.05, 3.63) is 12.5 Å². The molecule has 2 unspecified atom stereocenters. The van der Waals surface area contributed by atoms with Gasteiger partial charge < -0.3 is 9.88 Å². The van der Waals surface area contributed by atoms with Crippen LogP contribution in [0.4, 0.5) is 0 Å². The van der Waals surface area contributed by atoms with Crippen molar-refractivity contribution in [1.82, 2.24) is 19.6 Å². The molecule has 2 atom stereocenters. The Hall–Kier alpha value is -0.920. The number of hydrogen-bond donors (Lipinski definition) is 2. The lowest BCUT2D eigenvalue weighted by atomic mass is 10.4. The molecule has 17 heavy (non-hydrogen) atoms. The Morgan fingerprint density at radius 1 is 1.53 bits per heavy atom. The molecule has 1 aliphatic heterocycles. The van der Waals surface area contributed by atoms with E-state index in [1.165, 1.54) is 0 Å². The molecular formula is C10H16N4O2S. The molecule has 94 valence electrons. The molecule has 2 heterocycles. The zero-order chi connectivity index (χ0) is 12.0. The van der Waals surface area contributed by atoms with Crippen LogP contribution in [0.2, 0.25) is 0 Å². The summed E-state index contributed by atoms with van der Waals surface area (Å²) in [5.74, 6) is 0.941. The fourth-order valence-corrected chi connectivity index (χ4v) is 3.77. The average Bonchev–Trinajstić information content (AvgIpc) is 2.83. The third kappa shape index (κ3) is 1.88. The van der Waals surface area contributed by atoms with Gasteiger partial charge in [-0.15, -0.1) is 0 Å². The standard InChI is InChI=1S/C10H16N4O2S/c1-2-14-5-9(12-6-14)17(15,16)13-10-7-3-11-4-8(7)10/h5-8,10-11,13H,2-4H2,1H3. The van der Waals surface area contributed by atoms with Crippen LogP contribution in [-0.2, 0) is 16.6 Å². The SMILES string of the molecule is CCn1cnc(S(=O)(=O)NC2C3CNCC32)c1. The number of aromatic nitrogens is 2. The van der Waals surface area contributed by atoms with Crippen molar-refractivity contribution in [2.75, 3.05) is 13.1 Å². The third-order valence-electron chi connectivity index (χ3n) is 3.63. The van der Waals surface area contributed by atoms with Crippen molar-refractivity contribution in [3.8, 4) is 0 Å². The van der Waals surface area contributed by atoms with Crippen LogP contribution in [0.15, 0.2) is 17.6 Å². The van der Waals surface area contributed by atoms with Gasteiger partial charge in [0.15, 0.2) is 5.03 Å². The second-order valence-corrected chi connectivity index (χ2v) is 6.34. The molecule has 2 aliphatic rings. The number of fused-ring (bicyclic) bond motifs is 1.